The van der Waals surface area contributed by atoms with Crippen LogP contribution < -0.4 is 11.1 Å². The topological polar surface area (TPSA) is 116 Å². The van der Waals surface area contributed by atoms with Crippen molar-refractivity contribution in [3.05, 3.63) is 34.6 Å². The van der Waals surface area contributed by atoms with E-state index in [4.69, 9.17) is 27.4 Å². The van der Waals surface area contributed by atoms with Crippen LogP contribution in [0.1, 0.15) is 44.1 Å². The summed E-state index contributed by atoms with van der Waals surface area (Å²) < 4.78 is 13.3. The summed E-state index contributed by atoms with van der Waals surface area (Å²) in [7, 11) is -1.36. The van der Waals surface area contributed by atoms with Crippen molar-refractivity contribution >= 4 is 24.7 Å². The minimum atomic E-state index is -1.36. The highest BCUT2D eigenvalue weighted by Crippen LogP contribution is 2.38. The summed E-state index contributed by atoms with van der Waals surface area (Å²) in [6.07, 6.45) is 4.58. The van der Waals surface area contributed by atoms with Crippen LogP contribution in [0.5, 0.6) is 0 Å². The Morgan fingerprint density at radius 3 is 2.61 bits per heavy atom. The van der Waals surface area contributed by atoms with Crippen molar-refractivity contribution in [2.75, 3.05) is 6.54 Å². The number of halogens is 2. The molecule has 6 N–H and O–H groups in total. The summed E-state index contributed by atoms with van der Waals surface area (Å²) in [6.45, 7) is 0.755. The summed E-state index contributed by atoms with van der Waals surface area (Å²) >= 11 is 5.85. The first-order valence-electron chi connectivity index (χ1n) is 9.77. The van der Waals surface area contributed by atoms with Crippen LogP contribution in [0.2, 0.25) is 11.3 Å². The molecule has 28 heavy (non-hydrogen) atoms. The number of carbonyl (C=O) groups is 1. The highest BCUT2D eigenvalue weighted by Gasteiger charge is 2.47. The van der Waals surface area contributed by atoms with Crippen molar-refractivity contribution in [1.29, 1.82) is 0 Å². The molecule has 1 aliphatic rings. The van der Waals surface area contributed by atoms with Crippen LogP contribution in [0.15, 0.2) is 18.2 Å². The van der Waals surface area contributed by atoms with Gasteiger partial charge in [-0.05, 0) is 74.6 Å². The Bertz CT molecular complexity index is 641. The van der Waals surface area contributed by atoms with Gasteiger partial charge in [0.25, 0.3) is 0 Å². The molecule has 0 radical (unpaired) electrons. The molecular formula is C19H29BClFN2O4. The summed E-state index contributed by atoms with van der Waals surface area (Å²) in [4.78, 5) is 11.7. The Hall–Kier alpha value is -1.19. The molecule has 2 rings (SSSR count). The van der Waals surface area contributed by atoms with E-state index in [-0.39, 0.29) is 24.1 Å². The van der Waals surface area contributed by atoms with E-state index in [0.717, 1.165) is 18.5 Å². The van der Waals surface area contributed by atoms with Crippen LogP contribution in [0.4, 0.5) is 4.39 Å². The SMILES string of the molecule is NC(CCCCB(O)O)(C(=O)O)[C@H]1C[C@@H](NCCCc2cc(F)cc(Cl)c2)C1. The van der Waals surface area contributed by atoms with Gasteiger partial charge in [-0.1, -0.05) is 24.4 Å². The average Bonchev–Trinajstić information content (AvgIpc) is 2.55. The summed E-state index contributed by atoms with van der Waals surface area (Å²) in [5.74, 6) is -1.43. The highest BCUT2D eigenvalue weighted by atomic mass is 35.5. The lowest BCUT2D eigenvalue weighted by molar-refractivity contribution is -0.148. The molecule has 0 aliphatic heterocycles. The van der Waals surface area contributed by atoms with Gasteiger partial charge >= 0.3 is 13.1 Å². The first kappa shape index (κ1) is 23.1. The van der Waals surface area contributed by atoms with Crippen LogP contribution in [0.3, 0.4) is 0 Å². The number of hydrogen-bond donors (Lipinski definition) is 5. The highest BCUT2D eigenvalue weighted by molar-refractivity contribution is 6.40. The summed E-state index contributed by atoms with van der Waals surface area (Å²) in [5.41, 5.74) is 5.78. The number of nitrogens with one attached hydrogen (secondary N) is 1. The molecule has 1 unspecified atom stereocenters. The Kier molecular flexibility index (Phi) is 8.70. The summed E-state index contributed by atoms with van der Waals surface area (Å²) in [5, 5.41) is 31.1. The van der Waals surface area contributed by atoms with Gasteiger partial charge in [0.15, 0.2) is 0 Å². The Morgan fingerprint density at radius 2 is 2.00 bits per heavy atom. The Labute approximate surface area is 170 Å². The molecule has 1 fully saturated rings. The maximum Gasteiger partial charge on any atom is 0.451 e. The van der Waals surface area contributed by atoms with E-state index < -0.39 is 18.6 Å². The van der Waals surface area contributed by atoms with Gasteiger partial charge in [0.1, 0.15) is 11.4 Å². The second-order valence-electron chi connectivity index (χ2n) is 7.77. The zero-order valence-electron chi connectivity index (χ0n) is 15.9. The normalized spacial score (nSPS) is 21.0. The zero-order valence-corrected chi connectivity index (χ0v) is 16.7. The van der Waals surface area contributed by atoms with Crippen molar-refractivity contribution in [3.8, 4) is 0 Å². The number of unbranched alkanes of at least 4 members (excludes halogenated alkanes) is 1. The van der Waals surface area contributed by atoms with Gasteiger partial charge in [-0.2, -0.15) is 0 Å². The first-order valence-corrected chi connectivity index (χ1v) is 10.2. The van der Waals surface area contributed by atoms with Crippen molar-refractivity contribution in [1.82, 2.24) is 5.32 Å². The van der Waals surface area contributed by atoms with Crippen molar-refractivity contribution < 1.29 is 24.3 Å². The molecule has 0 spiro atoms. The van der Waals surface area contributed by atoms with Crippen molar-refractivity contribution in [2.45, 2.75) is 62.8 Å². The number of carboxylic acids is 1. The molecule has 9 heteroatoms. The standard InChI is InChI=1S/C19H29BClFN2O4/c21-15-8-13(9-16(22)12-15)4-3-7-24-17-10-14(11-17)19(23,18(25)26)5-1-2-6-20(27)28/h8-9,12,14,17,24,27-28H,1-7,10-11,23H2,(H,25,26)/t14-,17+,19?. The lowest BCUT2D eigenvalue weighted by Gasteiger charge is -2.45. The number of carboxylic acid groups (broad SMARTS) is 1. The van der Waals surface area contributed by atoms with Gasteiger partial charge in [0, 0.05) is 11.1 Å². The number of aliphatic carboxylic acids is 1. The van der Waals surface area contributed by atoms with E-state index in [1.807, 2.05) is 0 Å². The molecule has 1 aromatic rings. The molecule has 0 aromatic heterocycles. The Morgan fingerprint density at radius 1 is 1.29 bits per heavy atom. The maximum absolute atomic E-state index is 13.3. The molecule has 0 saturated heterocycles. The minimum Gasteiger partial charge on any atom is -0.480 e. The molecule has 156 valence electrons. The van der Waals surface area contributed by atoms with Crippen LogP contribution >= 0.6 is 11.6 Å². The van der Waals surface area contributed by atoms with Crippen LogP contribution in [0.25, 0.3) is 0 Å². The van der Waals surface area contributed by atoms with Crippen LogP contribution in [-0.4, -0.2) is 46.4 Å². The Balaban J connectivity index is 1.68. The number of benzene rings is 1. The monoisotopic (exact) mass is 414 g/mol. The lowest BCUT2D eigenvalue weighted by atomic mass is 9.66. The molecule has 1 aliphatic carbocycles. The first-order chi connectivity index (χ1) is 13.2. The third kappa shape index (κ3) is 6.70. The smallest absolute Gasteiger partial charge is 0.451 e. The van der Waals surface area contributed by atoms with Gasteiger partial charge < -0.3 is 26.2 Å². The number of hydrogen-bond acceptors (Lipinski definition) is 5. The number of aryl methyl sites for hydroxylation is 1. The van der Waals surface area contributed by atoms with E-state index in [9.17, 15) is 14.3 Å². The minimum absolute atomic E-state index is 0.0939. The predicted molar refractivity (Wildman–Crippen MR) is 108 cm³/mol. The van der Waals surface area contributed by atoms with Gasteiger partial charge in [-0.15, -0.1) is 0 Å². The molecule has 0 bridgehead atoms. The molecule has 0 amide bonds. The van der Waals surface area contributed by atoms with E-state index in [1.165, 1.54) is 12.1 Å². The quantitative estimate of drug-likeness (QED) is 0.264. The third-order valence-corrected chi connectivity index (χ3v) is 5.78. The largest absolute Gasteiger partial charge is 0.480 e. The van der Waals surface area contributed by atoms with E-state index in [2.05, 4.69) is 5.32 Å². The molecule has 1 atom stereocenters. The second-order valence-corrected chi connectivity index (χ2v) is 8.21. The van der Waals surface area contributed by atoms with Crippen LogP contribution in [-0.2, 0) is 11.2 Å². The second kappa shape index (κ2) is 10.6. The van der Waals surface area contributed by atoms with Gasteiger partial charge in [-0.3, -0.25) is 4.79 Å². The van der Waals surface area contributed by atoms with Gasteiger partial charge in [0.05, 0.1) is 0 Å². The molecule has 1 saturated carbocycles. The molecular weight excluding hydrogens is 385 g/mol. The fourth-order valence-corrected chi connectivity index (χ4v) is 4.03. The maximum atomic E-state index is 13.3. The molecule has 0 heterocycles. The van der Waals surface area contributed by atoms with Crippen molar-refractivity contribution in [3.63, 3.8) is 0 Å². The van der Waals surface area contributed by atoms with Crippen molar-refractivity contribution in [2.24, 2.45) is 11.7 Å². The molecule has 1 aromatic carbocycles. The predicted octanol–water partition coefficient (Wildman–Crippen LogP) is 2.21. The number of nitrogens with two attached hydrogens (primary N) is 1. The van der Waals surface area contributed by atoms with Gasteiger partial charge in [-0.25, -0.2) is 4.39 Å². The average molecular weight is 415 g/mol. The van der Waals surface area contributed by atoms with Gasteiger partial charge in [0.2, 0.25) is 0 Å². The van der Waals surface area contributed by atoms with E-state index in [1.54, 1.807) is 6.07 Å². The molecule has 6 nitrogen and oxygen atoms in total. The zero-order chi connectivity index (χ0) is 20.7. The number of rotatable bonds is 12. The third-order valence-electron chi connectivity index (χ3n) is 5.57. The van der Waals surface area contributed by atoms with Crippen LogP contribution in [0, 0.1) is 11.7 Å². The lowest BCUT2D eigenvalue weighted by Crippen LogP contribution is -2.61. The fraction of sp³-hybridized carbons (Fsp3) is 0.632. The van der Waals surface area contributed by atoms with E-state index in [0.29, 0.717) is 43.5 Å². The van der Waals surface area contributed by atoms with E-state index >= 15 is 0 Å². The fourth-order valence-electron chi connectivity index (χ4n) is 3.79. The summed E-state index contributed by atoms with van der Waals surface area (Å²) in [6, 6.07) is 4.76.